The first-order valence-electron chi connectivity index (χ1n) is 7.18. The van der Waals surface area contributed by atoms with Gasteiger partial charge in [0.1, 0.15) is 0 Å². The molecule has 4 heteroatoms. The molecule has 0 spiro atoms. The van der Waals surface area contributed by atoms with Crippen molar-refractivity contribution < 1.29 is 5.11 Å². The lowest BCUT2D eigenvalue weighted by Crippen LogP contribution is -2.46. The standard InChI is InChI=1S/C13H27N3O/c17-12-13-11-14-5-4-8-16(13)10-9-15-6-2-1-3-7-15/h13-14,17H,1-12H2. The Bertz CT molecular complexity index is 207. The molecule has 2 rings (SSSR count). The third-order valence-corrected chi connectivity index (χ3v) is 4.06. The fourth-order valence-corrected chi connectivity index (χ4v) is 2.91. The van der Waals surface area contributed by atoms with E-state index in [2.05, 4.69) is 15.1 Å². The second kappa shape index (κ2) is 7.31. The summed E-state index contributed by atoms with van der Waals surface area (Å²) in [6.07, 6.45) is 5.34. The summed E-state index contributed by atoms with van der Waals surface area (Å²) in [4.78, 5) is 5.05. The minimum Gasteiger partial charge on any atom is -0.395 e. The molecular formula is C13H27N3O. The maximum Gasteiger partial charge on any atom is 0.0599 e. The van der Waals surface area contributed by atoms with Gasteiger partial charge in [0, 0.05) is 25.7 Å². The van der Waals surface area contributed by atoms with Crippen LogP contribution in [0.1, 0.15) is 25.7 Å². The van der Waals surface area contributed by atoms with E-state index in [1.165, 1.54) is 45.3 Å². The Morgan fingerprint density at radius 3 is 2.59 bits per heavy atom. The van der Waals surface area contributed by atoms with Crippen molar-refractivity contribution in [3.05, 3.63) is 0 Å². The van der Waals surface area contributed by atoms with Gasteiger partial charge in [0.25, 0.3) is 0 Å². The van der Waals surface area contributed by atoms with Gasteiger partial charge in [-0.15, -0.1) is 0 Å². The van der Waals surface area contributed by atoms with Gasteiger partial charge in [-0.3, -0.25) is 4.90 Å². The zero-order valence-corrected chi connectivity index (χ0v) is 10.9. The molecule has 1 unspecified atom stereocenters. The predicted molar refractivity (Wildman–Crippen MR) is 70.2 cm³/mol. The molecule has 0 aliphatic carbocycles. The Labute approximate surface area is 105 Å². The van der Waals surface area contributed by atoms with Crippen molar-refractivity contribution in [2.75, 3.05) is 52.4 Å². The van der Waals surface area contributed by atoms with E-state index in [0.29, 0.717) is 6.04 Å². The van der Waals surface area contributed by atoms with E-state index in [4.69, 9.17) is 0 Å². The molecule has 100 valence electrons. The molecule has 4 nitrogen and oxygen atoms in total. The number of likely N-dealkylation sites (tertiary alicyclic amines) is 1. The third-order valence-electron chi connectivity index (χ3n) is 4.06. The number of aliphatic hydroxyl groups is 1. The minimum atomic E-state index is 0.285. The zero-order valence-electron chi connectivity index (χ0n) is 10.9. The lowest BCUT2D eigenvalue weighted by Gasteiger charge is -2.32. The summed E-state index contributed by atoms with van der Waals surface area (Å²) >= 11 is 0. The monoisotopic (exact) mass is 241 g/mol. The van der Waals surface area contributed by atoms with Crippen molar-refractivity contribution in [2.45, 2.75) is 31.7 Å². The van der Waals surface area contributed by atoms with Crippen LogP contribution in [0, 0.1) is 0 Å². The smallest absolute Gasteiger partial charge is 0.0599 e. The van der Waals surface area contributed by atoms with Gasteiger partial charge in [-0.05, 0) is 45.4 Å². The second-order valence-corrected chi connectivity index (χ2v) is 5.33. The highest BCUT2D eigenvalue weighted by atomic mass is 16.3. The summed E-state index contributed by atoms with van der Waals surface area (Å²) in [5, 5.41) is 12.8. The number of nitrogens with one attached hydrogen (secondary N) is 1. The SMILES string of the molecule is OCC1CNCCCN1CCN1CCCCC1. The van der Waals surface area contributed by atoms with E-state index in [-0.39, 0.29) is 6.61 Å². The van der Waals surface area contributed by atoms with Crippen molar-refractivity contribution in [1.29, 1.82) is 0 Å². The first-order chi connectivity index (χ1) is 8.40. The van der Waals surface area contributed by atoms with Crippen LogP contribution in [0.3, 0.4) is 0 Å². The van der Waals surface area contributed by atoms with Gasteiger partial charge in [-0.2, -0.15) is 0 Å². The minimum absolute atomic E-state index is 0.285. The molecule has 2 N–H and O–H groups in total. The van der Waals surface area contributed by atoms with Crippen LogP contribution in [0.5, 0.6) is 0 Å². The van der Waals surface area contributed by atoms with Crippen LogP contribution in [0.15, 0.2) is 0 Å². The number of nitrogens with zero attached hydrogens (tertiary/aromatic N) is 2. The van der Waals surface area contributed by atoms with Gasteiger partial charge in [-0.1, -0.05) is 6.42 Å². The second-order valence-electron chi connectivity index (χ2n) is 5.33. The highest BCUT2D eigenvalue weighted by Gasteiger charge is 2.20. The van der Waals surface area contributed by atoms with Crippen LogP contribution in [0.25, 0.3) is 0 Å². The fraction of sp³-hybridized carbons (Fsp3) is 1.00. The molecule has 0 saturated carbocycles. The maximum atomic E-state index is 9.43. The molecule has 2 saturated heterocycles. The third kappa shape index (κ3) is 4.21. The zero-order chi connectivity index (χ0) is 11.9. The molecule has 17 heavy (non-hydrogen) atoms. The Hall–Kier alpha value is -0.160. The highest BCUT2D eigenvalue weighted by molar-refractivity contribution is 4.78. The van der Waals surface area contributed by atoms with Crippen LogP contribution in [0.2, 0.25) is 0 Å². The molecule has 2 fully saturated rings. The number of aliphatic hydroxyl groups excluding tert-OH is 1. The van der Waals surface area contributed by atoms with Gasteiger partial charge in [0.2, 0.25) is 0 Å². The Morgan fingerprint density at radius 2 is 1.82 bits per heavy atom. The first-order valence-corrected chi connectivity index (χ1v) is 7.18. The quantitative estimate of drug-likeness (QED) is 0.734. The first kappa shape index (κ1) is 13.3. The summed E-state index contributed by atoms with van der Waals surface area (Å²) in [7, 11) is 0. The lowest BCUT2D eigenvalue weighted by atomic mass is 10.1. The average molecular weight is 241 g/mol. The van der Waals surface area contributed by atoms with E-state index in [0.717, 1.165) is 26.2 Å². The lowest BCUT2D eigenvalue weighted by molar-refractivity contribution is 0.111. The normalized spacial score (nSPS) is 29.1. The Kier molecular flexibility index (Phi) is 5.71. The number of piperidine rings is 1. The van der Waals surface area contributed by atoms with E-state index >= 15 is 0 Å². The largest absolute Gasteiger partial charge is 0.395 e. The summed E-state index contributed by atoms with van der Waals surface area (Å²) in [5.41, 5.74) is 0. The van der Waals surface area contributed by atoms with Crippen LogP contribution < -0.4 is 5.32 Å². The maximum absolute atomic E-state index is 9.43. The van der Waals surface area contributed by atoms with Gasteiger partial charge in [0.15, 0.2) is 0 Å². The molecule has 0 aromatic carbocycles. The van der Waals surface area contributed by atoms with Crippen molar-refractivity contribution in [1.82, 2.24) is 15.1 Å². The topological polar surface area (TPSA) is 38.7 Å². The van der Waals surface area contributed by atoms with Crippen molar-refractivity contribution in [3.8, 4) is 0 Å². The van der Waals surface area contributed by atoms with E-state index in [9.17, 15) is 5.11 Å². The predicted octanol–water partition coefficient (Wildman–Crippen LogP) is 0.129. The van der Waals surface area contributed by atoms with E-state index < -0.39 is 0 Å². The average Bonchev–Trinajstić information content (AvgIpc) is 2.62. The molecule has 2 aliphatic heterocycles. The van der Waals surface area contributed by atoms with Crippen LogP contribution in [-0.2, 0) is 0 Å². The van der Waals surface area contributed by atoms with Crippen molar-refractivity contribution >= 4 is 0 Å². The van der Waals surface area contributed by atoms with Gasteiger partial charge < -0.3 is 15.3 Å². The van der Waals surface area contributed by atoms with Crippen LogP contribution in [0.4, 0.5) is 0 Å². The number of hydrogen-bond acceptors (Lipinski definition) is 4. The summed E-state index contributed by atoms with van der Waals surface area (Å²) in [6.45, 7) is 8.29. The number of hydrogen-bond donors (Lipinski definition) is 2. The Balaban J connectivity index is 1.74. The Morgan fingerprint density at radius 1 is 1.00 bits per heavy atom. The fourth-order valence-electron chi connectivity index (χ4n) is 2.91. The summed E-state index contributed by atoms with van der Waals surface area (Å²) in [5.74, 6) is 0. The van der Waals surface area contributed by atoms with Crippen LogP contribution >= 0.6 is 0 Å². The summed E-state index contributed by atoms with van der Waals surface area (Å²) < 4.78 is 0. The highest BCUT2D eigenvalue weighted by Crippen LogP contribution is 2.09. The number of rotatable bonds is 4. The molecule has 0 amide bonds. The van der Waals surface area contributed by atoms with E-state index in [1.54, 1.807) is 0 Å². The summed E-state index contributed by atoms with van der Waals surface area (Å²) in [6, 6.07) is 0.322. The van der Waals surface area contributed by atoms with E-state index in [1.807, 2.05) is 0 Å². The molecule has 2 aliphatic rings. The van der Waals surface area contributed by atoms with Gasteiger partial charge in [0.05, 0.1) is 6.61 Å². The molecule has 0 radical (unpaired) electrons. The molecule has 1 atom stereocenters. The molecule has 0 aromatic heterocycles. The van der Waals surface area contributed by atoms with Crippen molar-refractivity contribution in [2.24, 2.45) is 0 Å². The van der Waals surface area contributed by atoms with Gasteiger partial charge in [-0.25, -0.2) is 0 Å². The van der Waals surface area contributed by atoms with Crippen LogP contribution in [-0.4, -0.2) is 73.4 Å². The molecular weight excluding hydrogens is 214 g/mol. The molecule has 0 aromatic rings. The van der Waals surface area contributed by atoms with Crippen molar-refractivity contribution in [3.63, 3.8) is 0 Å². The molecule has 2 heterocycles. The molecule has 0 bridgehead atoms. The van der Waals surface area contributed by atoms with Gasteiger partial charge >= 0.3 is 0 Å².